The lowest BCUT2D eigenvalue weighted by molar-refractivity contribution is 0.0509. The van der Waals surface area contributed by atoms with Crippen LogP contribution in [0.1, 0.15) is 27.2 Å². The quantitative estimate of drug-likeness (QED) is 0.844. The summed E-state index contributed by atoms with van der Waals surface area (Å²) in [7, 11) is 0. The molecule has 1 saturated heterocycles. The maximum atomic E-state index is 11.7. The van der Waals surface area contributed by atoms with Gasteiger partial charge < -0.3 is 20.7 Å². The zero-order valence-electron chi connectivity index (χ0n) is 12.1. The van der Waals surface area contributed by atoms with Gasteiger partial charge in [-0.1, -0.05) is 0 Å². The Kier molecular flexibility index (Phi) is 3.96. The Labute approximate surface area is 118 Å². The topological polar surface area (TPSA) is 93.4 Å². The van der Waals surface area contributed by atoms with Crippen LogP contribution in [0.15, 0.2) is 12.3 Å². The maximum absolute atomic E-state index is 11.7. The van der Waals surface area contributed by atoms with Crippen LogP contribution >= 0.6 is 0 Å². The van der Waals surface area contributed by atoms with Gasteiger partial charge in [-0.3, -0.25) is 0 Å². The molecule has 110 valence electrons. The molecule has 1 amide bonds. The Morgan fingerprint density at radius 3 is 2.95 bits per heavy atom. The molecule has 2 rings (SSSR count). The number of nitrogen functional groups attached to an aromatic ring is 1. The van der Waals surface area contributed by atoms with E-state index in [1.165, 1.54) is 0 Å². The van der Waals surface area contributed by atoms with E-state index in [1.807, 2.05) is 26.8 Å². The van der Waals surface area contributed by atoms with Gasteiger partial charge in [0.05, 0.1) is 6.04 Å². The number of nitrogens with zero attached hydrogens (tertiary/aromatic N) is 3. The predicted octanol–water partition coefficient (Wildman–Crippen LogP) is 1.16. The van der Waals surface area contributed by atoms with Gasteiger partial charge in [-0.2, -0.15) is 4.98 Å². The molecule has 0 bridgehead atoms. The molecule has 20 heavy (non-hydrogen) atoms. The number of ether oxygens (including phenoxy) is 1. The number of rotatable bonds is 2. The number of nitrogens with two attached hydrogens (primary N) is 1. The van der Waals surface area contributed by atoms with Crippen LogP contribution in [0, 0.1) is 0 Å². The molecule has 2 heterocycles. The molecule has 0 saturated carbocycles. The molecule has 0 spiro atoms. The molecule has 1 aromatic rings. The van der Waals surface area contributed by atoms with Crippen molar-refractivity contribution in [1.82, 2.24) is 15.3 Å². The highest BCUT2D eigenvalue weighted by Crippen LogP contribution is 2.18. The second-order valence-electron chi connectivity index (χ2n) is 5.85. The molecular weight excluding hydrogens is 258 g/mol. The zero-order valence-corrected chi connectivity index (χ0v) is 12.1. The molecule has 1 aromatic heterocycles. The SMILES string of the molecule is CC(C)(C)OC(=O)N[C@H]1CCN(c2ccnc(N)n2)C1. The molecule has 0 aromatic carbocycles. The number of alkyl carbamates (subject to hydrolysis) is 1. The van der Waals surface area contributed by atoms with E-state index in [9.17, 15) is 4.79 Å². The molecule has 0 unspecified atom stereocenters. The smallest absolute Gasteiger partial charge is 0.407 e. The van der Waals surface area contributed by atoms with Crippen LogP contribution in [0.5, 0.6) is 0 Å². The molecule has 1 aliphatic heterocycles. The van der Waals surface area contributed by atoms with E-state index in [-0.39, 0.29) is 18.1 Å². The standard InChI is InChI=1S/C13H21N5O2/c1-13(2,3)20-12(19)16-9-5-7-18(8-9)10-4-6-15-11(14)17-10/h4,6,9H,5,7-8H2,1-3H3,(H,16,19)(H2,14,15,17)/t9-/m0/s1. The lowest BCUT2D eigenvalue weighted by Gasteiger charge is -2.22. The van der Waals surface area contributed by atoms with Crippen LogP contribution in [0.25, 0.3) is 0 Å². The van der Waals surface area contributed by atoms with E-state index in [2.05, 4.69) is 20.2 Å². The van der Waals surface area contributed by atoms with Crippen LogP contribution in [0.2, 0.25) is 0 Å². The first-order chi connectivity index (χ1) is 9.33. The van der Waals surface area contributed by atoms with Crippen molar-refractivity contribution in [3.63, 3.8) is 0 Å². The summed E-state index contributed by atoms with van der Waals surface area (Å²) < 4.78 is 5.25. The predicted molar refractivity (Wildman–Crippen MR) is 76.4 cm³/mol. The summed E-state index contributed by atoms with van der Waals surface area (Å²) in [4.78, 5) is 21.8. The Hall–Kier alpha value is -2.05. The third-order valence-electron chi connectivity index (χ3n) is 2.89. The van der Waals surface area contributed by atoms with E-state index < -0.39 is 5.60 Å². The minimum atomic E-state index is -0.483. The summed E-state index contributed by atoms with van der Waals surface area (Å²) in [6.45, 7) is 7.04. The minimum absolute atomic E-state index is 0.0565. The van der Waals surface area contributed by atoms with Crippen LogP contribution < -0.4 is 16.0 Å². The summed E-state index contributed by atoms with van der Waals surface area (Å²) >= 11 is 0. The van der Waals surface area contributed by atoms with Crippen molar-refractivity contribution < 1.29 is 9.53 Å². The van der Waals surface area contributed by atoms with E-state index in [1.54, 1.807) is 6.20 Å². The monoisotopic (exact) mass is 279 g/mol. The van der Waals surface area contributed by atoms with Gasteiger partial charge in [-0.05, 0) is 33.3 Å². The lowest BCUT2D eigenvalue weighted by atomic mass is 10.2. The van der Waals surface area contributed by atoms with Gasteiger partial charge in [0, 0.05) is 19.3 Å². The average molecular weight is 279 g/mol. The summed E-state index contributed by atoms with van der Waals surface area (Å²) in [5.74, 6) is 1.04. The molecule has 0 aliphatic carbocycles. The van der Waals surface area contributed by atoms with Gasteiger partial charge in [-0.15, -0.1) is 0 Å². The van der Waals surface area contributed by atoms with Crippen LogP contribution in [-0.2, 0) is 4.74 Å². The van der Waals surface area contributed by atoms with Crippen molar-refractivity contribution in [2.75, 3.05) is 23.7 Å². The van der Waals surface area contributed by atoms with Crippen LogP contribution in [0.4, 0.5) is 16.6 Å². The number of carbonyl (C=O) groups excluding carboxylic acids is 1. The summed E-state index contributed by atoms with van der Waals surface area (Å²) in [6, 6.07) is 1.87. The van der Waals surface area contributed by atoms with E-state index in [4.69, 9.17) is 10.5 Å². The highest BCUT2D eigenvalue weighted by atomic mass is 16.6. The first-order valence-corrected chi connectivity index (χ1v) is 6.66. The Balaban J connectivity index is 1.88. The minimum Gasteiger partial charge on any atom is -0.444 e. The third kappa shape index (κ3) is 3.97. The molecule has 1 aliphatic rings. The zero-order chi connectivity index (χ0) is 14.8. The summed E-state index contributed by atoms with van der Waals surface area (Å²) in [5, 5.41) is 2.87. The number of nitrogens with one attached hydrogen (secondary N) is 1. The molecular formula is C13H21N5O2. The number of aromatic nitrogens is 2. The summed E-state index contributed by atoms with van der Waals surface area (Å²) in [5.41, 5.74) is 5.09. The van der Waals surface area contributed by atoms with Gasteiger partial charge >= 0.3 is 6.09 Å². The van der Waals surface area contributed by atoms with E-state index in [0.29, 0.717) is 6.54 Å². The van der Waals surface area contributed by atoms with E-state index >= 15 is 0 Å². The van der Waals surface area contributed by atoms with Gasteiger partial charge in [0.1, 0.15) is 11.4 Å². The number of anilines is 2. The van der Waals surface area contributed by atoms with Crippen molar-refractivity contribution in [3.05, 3.63) is 12.3 Å². The molecule has 0 radical (unpaired) electrons. The Morgan fingerprint density at radius 1 is 1.55 bits per heavy atom. The van der Waals surface area contributed by atoms with Crippen LogP contribution in [-0.4, -0.2) is 40.8 Å². The van der Waals surface area contributed by atoms with Crippen molar-refractivity contribution in [1.29, 1.82) is 0 Å². The lowest BCUT2D eigenvalue weighted by Crippen LogP contribution is -2.40. The third-order valence-corrected chi connectivity index (χ3v) is 2.89. The molecule has 1 atom stereocenters. The second-order valence-corrected chi connectivity index (χ2v) is 5.85. The normalized spacial score (nSPS) is 18.9. The largest absolute Gasteiger partial charge is 0.444 e. The van der Waals surface area contributed by atoms with Crippen molar-refractivity contribution in [2.45, 2.75) is 38.8 Å². The fourth-order valence-electron chi connectivity index (χ4n) is 2.10. The highest BCUT2D eigenvalue weighted by molar-refractivity contribution is 5.68. The Bertz CT molecular complexity index is 486. The van der Waals surface area contributed by atoms with Gasteiger partial charge in [0.15, 0.2) is 0 Å². The van der Waals surface area contributed by atoms with Gasteiger partial charge in [0.25, 0.3) is 0 Å². The van der Waals surface area contributed by atoms with Crippen LogP contribution in [0.3, 0.4) is 0 Å². The fraction of sp³-hybridized carbons (Fsp3) is 0.615. The van der Waals surface area contributed by atoms with Crippen molar-refractivity contribution >= 4 is 17.9 Å². The maximum Gasteiger partial charge on any atom is 0.407 e. The molecule has 7 nitrogen and oxygen atoms in total. The molecule has 7 heteroatoms. The number of amides is 1. The number of hydrogen-bond acceptors (Lipinski definition) is 6. The first kappa shape index (κ1) is 14.4. The highest BCUT2D eigenvalue weighted by Gasteiger charge is 2.26. The second kappa shape index (κ2) is 5.52. The van der Waals surface area contributed by atoms with Crippen molar-refractivity contribution in [2.24, 2.45) is 0 Å². The Morgan fingerprint density at radius 2 is 2.30 bits per heavy atom. The molecule has 1 fully saturated rings. The van der Waals surface area contributed by atoms with Gasteiger partial charge in [0.2, 0.25) is 5.95 Å². The number of carbonyl (C=O) groups is 1. The van der Waals surface area contributed by atoms with Crippen molar-refractivity contribution in [3.8, 4) is 0 Å². The summed E-state index contributed by atoms with van der Waals surface area (Å²) in [6.07, 6.45) is 2.10. The van der Waals surface area contributed by atoms with Gasteiger partial charge in [-0.25, -0.2) is 9.78 Å². The number of hydrogen-bond donors (Lipinski definition) is 2. The first-order valence-electron chi connectivity index (χ1n) is 6.66. The van der Waals surface area contributed by atoms with E-state index in [0.717, 1.165) is 18.8 Å². The average Bonchev–Trinajstić information content (AvgIpc) is 2.74. The molecule has 3 N–H and O–H groups in total. The fourth-order valence-corrected chi connectivity index (χ4v) is 2.10.